The largest absolute Gasteiger partial charge is 0.497 e. The van der Waals surface area contributed by atoms with E-state index < -0.39 is 10.0 Å². The predicted molar refractivity (Wildman–Crippen MR) is 121 cm³/mol. The number of nitrogens with zero attached hydrogens (tertiary/aromatic N) is 3. The van der Waals surface area contributed by atoms with Crippen molar-refractivity contribution in [1.82, 2.24) is 14.2 Å². The van der Waals surface area contributed by atoms with Crippen molar-refractivity contribution in [3.63, 3.8) is 0 Å². The molecule has 11 heteroatoms. The van der Waals surface area contributed by atoms with E-state index in [1.54, 1.807) is 27.3 Å². The second-order valence-electron chi connectivity index (χ2n) is 7.44. The Morgan fingerprint density at radius 1 is 1.29 bits per heavy atom. The molecule has 0 unspecified atom stereocenters. The van der Waals surface area contributed by atoms with Gasteiger partial charge in [-0.3, -0.25) is 9.69 Å². The fourth-order valence-electron chi connectivity index (χ4n) is 3.54. The average molecular weight is 469 g/mol. The summed E-state index contributed by atoms with van der Waals surface area (Å²) in [5.41, 5.74) is 1.53. The third-order valence-corrected chi connectivity index (χ3v) is 7.50. The summed E-state index contributed by atoms with van der Waals surface area (Å²) in [6.07, 6.45) is 2.63. The highest BCUT2D eigenvalue weighted by Gasteiger charge is 2.28. The first kappa shape index (κ1) is 23.5. The van der Waals surface area contributed by atoms with Crippen LogP contribution in [0.2, 0.25) is 0 Å². The number of thiazole rings is 1. The van der Waals surface area contributed by atoms with E-state index >= 15 is 0 Å². The minimum absolute atomic E-state index is 0.0182. The van der Waals surface area contributed by atoms with E-state index in [1.165, 1.54) is 21.9 Å². The van der Waals surface area contributed by atoms with Crippen molar-refractivity contribution < 1.29 is 22.7 Å². The van der Waals surface area contributed by atoms with E-state index in [0.29, 0.717) is 48.3 Å². The Morgan fingerprint density at radius 2 is 2.00 bits per heavy atom. The number of hydrogen-bond donors (Lipinski definition) is 1. The fourth-order valence-corrected chi connectivity index (χ4v) is 5.02. The SMILES string of the molecule is COc1ccc(-c2csc(NC(=O)CN3CCC(N(C)S(C)(=O)=O)CC3)n2)c(OC)c1. The Labute approximate surface area is 187 Å². The van der Waals surface area contributed by atoms with E-state index in [4.69, 9.17) is 9.47 Å². The summed E-state index contributed by atoms with van der Waals surface area (Å²) in [5, 5.41) is 5.24. The molecule has 9 nitrogen and oxygen atoms in total. The van der Waals surface area contributed by atoms with Gasteiger partial charge in [-0.2, -0.15) is 0 Å². The Hall–Kier alpha value is -2.21. The van der Waals surface area contributed by atoms with Gasteiger partial charge in [-0.25, -0.2) is 17.7 Å². The minimum atomic E-state index is -3.20. The van der Waals surface area contributed by atoms with Crippen LogP contribution < -0.4 is 14.8 Å². The highest BCUT2D eigenvalue weighted by molar-refractivity contribution is 7.88. The van der Waals surface area contributed by atoms with Crippen molar-refractivity contribution in [2.45, 2.75) is 18.9 Å². The summed E-state index contributed by atoms with van der Waals surface area (Å²) in [6.45, 7) is 1.59. The summed E-state index contributed by atoms with van der Waals surface area (Å²) in [7, 11) is 1.59. The van der Waals surface area contributed by atoms with Gasteiger partial charge in [0.25, 0.3) is 0 Å². The number of benzene rings is 1. The molecule has 0 radical (unpaired) electrons. The Bertz CT molecular complexity index is 1020. The first-order chi connectivity index (χ1) is 14.7. The molecule has 1 aromatic heterocycles. The third-order valence-electron chi connectivity index (χ3n) is 5.40. The van der Waals surface area contributed by atoms with Crippen LogP contribution in [0.15, 0.2) is 23.6 Å². The van der Waals surface area contributed by atoms with Gasteiger partial charge in [0.05, 0.1) is 32.7 Å². The summed E-state index contributed by atoms with van der Waals surface area (Å²) < 4.78 is 35.5. The van der Waals surface area contributed by atoms with Crippen LogP contribution in [0, 0.1) is 0 Å². The van der Waals surface area contributed by atoms with E-state index in [2.05, 4.69) is 10.3 Å². The number of likely N-dealkylation sites (tertiary alicyclic amines) is 1. The number of amides is 1. The lowest BCUT2D eigenvalue weighted by molar-refractivity contribution is -0.117. The summed E-state index contributed by atoms with van der Waals surface area (Å²) in [6, 6.07) is 5.48. The van der Waals surface area contributed by atoms with Gasteiger partial charge >= 0.3 is 0 Å². The first-order valence-electron chi connectivity index (χ1n) is 9.84. The molecule has 170 valence electrons. The Morgan fingerprint density at radius 3 is 2.61 bits per heavy atom. The topological polar surface area (TPSA) is 101 Å². The van der Waals surface area contributed by atoms with Gasteiger partial charge in [-0.05, 0) is 25.0 Å². The molecule has 0 saturated carbocycles. The monoisotopic (exact) mass is 468 g/mol. The van der Waals surface area contributed by atoms with Crippen molar-refractivity contribution in [3.8, 4) is 22.8 Å². The second kappa shape index (κ2) is 9.94. The zero-order valence-electron chi connectivity index (χ0n) is 18.1. The van der Waals surface area contributed by atoms with E-state index in [0.717, 1.165) is 5.56 Å². The highest BCUT2D eigenvalue weighted by Crippen LogP contribution is 2.34. The van der Waals surface area contributed by atoms with E-state index in [9.17, 15) is 13.2 Å². The number of hydrogen-bond acceptors (Lipinski definition) is 8. The number of piperidine rings is 1. The van der Waals surface area contributed by atoms with Crippen molar-refractivity contribution in [3.05, 3.63) is 23.6 Å². The van der Waals surface area contributed by atoms with Gasteiger partial charge < -0.3 is 14.8 Å². The maximum atomic E-state index is 12.5. The Kier molecular flexibility index (Phi) is 7.52. The van der Waals surface area contributed by atoms with Crippen LogP contribution in [0.1, 0.15) is 12.8 Å². The van der Waals surface area contributed by atoms with Crippen molar-refractivity contribution >= 4 is 32.4 Å². The van der Waals surface area contributed by atoms with E-state index in [-0.39, 0.29) is 18.5 Å². The molecule has 0 atom stereocenters. The molecule has 0 spiro atoms. The quantitative estimate of drug-likeness (QED) is 0.633. The van der Waals surface area contributed by atoms with Gasteiger partial charge in [-0.15, -0.1) is 11.3 Å². The second-order valence-corrected chi connectivity index (χ2v) is 10.3. The first-order valence-corrected chi connectivity index (χ1v) is 12.6. The number of ether oxygens (including phenoxy) is 2. The van der Waals surface area contributed by atoms with Crippen molar-refractivity contribution in [1.29, 1.82) is 0 Å². The van der Waals surface area contributed by atoms with Crippen LogP contribution >= 0.6 is 11.3 Å². The third kappa shape index (κ3) is 5.94. The molecule has 0 bridgehead atoms. The lowest BCUT2D eigenvalue weighted by atomic mass is 10.1. The molecule has 1 aromatic carbocycles. The predicted octanol–water partition coefficient (Wildman–Crippen LogP) is 2.12. The molecular weight excluding hydrogens is 440 g/mol. The molecule has 1 N–H and O–H groups in total. The van der Waals surface area contributed by atoms with Crippen LogP contribution in [0.3, 0.4) is 0 Å². The lowest BCUT2D eigenvalue weighted by Gasteiger charge is -2.35. The molecule has 31 heavy (non-hydrogen) atoms. The van der Waals surface area contributed by atoms with Gasteiger partial charge in [0, 0.05) is 43.2 Å². The molecule has 3 rings (SSSR count). The van der Waals surface area contributed by atoms with Crippen LogP contribution in [0.5, 0.6) is 11.5 Å². The normalized spacial score (nSPS) is 15.8. The average Bonchev–Trinajstić information content (AvgIpc) is 3.20. The number of carbonyl (C=O) groups excluding carboxylic acids is 1. The minimum Gasteiger partial charge on any atom is -0.497 e. The molecule has 1 saturated heterocycles. The number of carbonyl (C=O) groups is 1. The molecule has 1 aliphatic rings. The van der Waals surface area contributed by atoms with Gasteiger partial charge in [0.1, 0.15) is 11.5 Å². The fraction of sp³-hybridized carbons (Fsp3) is 0.500. The van der Waals surface area contributed by atoms with Gasteiger partial charge in [0.2, 0.25) is 15.9 Å². The Balaban J connectivity index is 1.55. The lowest BCUT2D eigenvalue weighted by Crippen LogP contribution is -2.47. The summed E-state index contributed by atoms with van der Waals surface area (Å²) >= 11 is 1.35. The molecule has 1 aliphatic heterocycles. The van der Waals surface area contributed by atoms with Crippen molar-refractivity contribution in [2.75, 3.05) is 52.5 Å². The molecule has 2 heterocycles. The van der Waals surface area contributed by atoms with Crippen LogP contribution in [-0.2, 0) is 14.8 Å². The number of aromatic nitrogens is 1. The number of sulfonamides is 1. The molecule has 1 fully saturated rings. The summed E-state index contributed by atoms with van der Waals surface area (Å²) in [4.78, 5) is 19.0. The van der Waals surface area contributed by atoms with Gasteiger partial charge in [0.15, 0.2) is 5.13 Å². The number of anilines is 1. The highest BCUT2D eigenvalue weighted by atomic mass is 32.2. The molecule has 0 aliphatic carbocycles. The van der Waals surface area contributed by atoms with Crippen LogP contribution in [-0.4, -0.2) is 81.7 Å². The number of nitrogens with one attached hydrogen (secondary N) is 1. The molecule has 2 aromatic rings. The maximum Gasteiger partial charge on any atom is 0.240 e. The van der Waals surface area contributed by atoms with Crippen LogP contribution in [0.4, 0.5) is 5.13 Å². The summed E-state index contributed by atoms with van der Waals surface area (Å²) in [5.74, 6) is 1.19. The van der Waals surface area contributed by atoms with E-state index in [1.807, 2.05) is 22.4 Å². The zero-order valence-corrected chi connectivity index (χ0v) is 19.8. The standard InChI is InChI=1S/C20H28N4O5S2/c1-23(31(4,26)27)14-7-9-24(10-8-14)12-19(25)22-20-21-17(13-30-20)16-6-5-15(28-2)11-18(16)29-3/h5-6,11,13-14H,7-10,12H2,1-4H3,(H,21,22,25). The smallest absolute Gasteiger partial charge is 0.240 e. The maximum absolute atomic E-state index is 12.5. The zero-order chi connectivity index (χ0) is 22.6. The number of methoxy groups -OCH3 is 2. The molecule has 1 amide bonds. The van der Waals surface area contributed by atoms with Crippen molar-refractivity contribution in [2.24, 2.45) is 0 Å². The van der Waals surface area contributed by atoms with Gasteiger partial charge in [-0.1, -0.05) is 0 Å². The number of rotatable bonds is 8. The van der Waals surface area contributed by atoms with Crippen LogP contribution in [0.25, 0.3) is 11.3 Å². The molecular formula is C20H28N4O5S2.